The summed E-state index contributed by atoms with van der Waals surface area (Å²) < 4.78 is 33.5. The smallest absolute Gasteiger partial charge is 0.134 e. The third-order valence-electron chi connectivity index (χ3n) is 3.83. The van der Waals surface area contributed by atoms with Gasteiger partial charge in [0.1, 0.15) is 24.0 Å². The van der Waals surface area contributed by atoms with E-state index >= 15 is 0 Å². The third-order valence-corrected chi connectivity index (χ3v) is 4.45. The summed E-state index contributed by atoms with van der Waals surface area (Å²) in [4.78, 5) is 0. The first-order valence-corrected chi connectivity index (χ1v) is 8.89. The molecule has 0 saturated carbocycles. The van der Waals surface area contributed by atoms with Gasteiger partial charge in [-0.15, -0.1) is 0 Å². The Labute approximate surface area is 164 Å². The van der Waals surface area contributed by atoms with Gasteiger partial charge < -0.3 is 4.74 Å². The molecule has 0 aromatic heterocycles. The molecule has 0 heterocycles. The van der Waals surface area contributed by atoms with Crippen molar-refractivity contribution in [3.05, 3.63) is 99.5 Å². The molecule has 134 valence electrons. The maximum Gasteiger partial charge on any atom is 0.134 e. The molecule has 3 aromatic carbocycles. The van der Waals surface area contributed by atoms with Crippen LogP contribution < -0.4 is 4.74 Å². The Balaban J connectivity index is 1.80. The number of allylic oxidation sites excluding steroid dienone is 1. The van der Waals surface area contributed by atoms with Crippen LogP contribution in [0.15, 0.2) is 71.2 Å². The van der Waals surface area contributed by atoms with Crippen molar-refractivity contribution in [2.24, 2.45) is 0 Å². The first-order valence-electron chi connectivity index (χ1n) is 8.10. The lowest BCUT2D eigenvalue weighted by Crippen LogP contribution is -1.96. The number of nitrogens with zero attached hydrogens (tertiary/aromatic N) is 1. The van der Waals surface area contributed by atoms with Gasteiger partial charge in [0, 0.05) is 5.56 Å². The first kappa shape index (κ1) is 18.8. The Hall–Kier alpha value is -2.97. The number of hydrogen-bond donors (Lipinski definition) is 0. The Kier molecular flexibility index (Phi) is 6.00. The maximum atomic E-state index is 13.9. The normalized spacial score (nSPS) is 11.1. The van der Waals surface area contributed by atoms with Crippen LogP contribution in [0.25, 0.3) is 11.6 Å². The fourth-order valence-corrected chi connectivity index (χ4v) is 3.04. The molecule has 0 bridgehead atoms. The molecule has 0 aliphatic heterocycles. The molecule has 0 saturated heterocycles. The Morgan fingerprint density at radius 3 is 2.56 bits per heavy atom. The summed E-state index contributed by atoms with van der Waals surface area (Å²) in [6.45, 7) is 0.226. The van der Waals surface area contributed by atoms with Crippen LogP contribution in [0.5, 0.6) is 5.75 Å². The highest BCUT2D eigenvalue weighted by Gasteiger charge is 2.08. The van der Waals surface area contributed by atoms with E-state index in [1.165, 1.54) is 18.2 Å². The molecule has 0 aliphatic carbocycles. The second-order valence-electron chi connectivity index (χ2n) is 5.76. The molecule has 5 heteroatoms. The van der Waals surface area contributed by atoms with Crippen LogP contribution in [0.2, 0.25) is 0 Å². The van der Waals surface area contributed by atoms with Crippen molar-refractivity contribution in [3.8, 4) is 11.8 Å². The fraction of sp³-hybridized carbons (Fsp3) is 0.0455. The van der Waals surface area contributed by atoms with E-state index in [9.17, 15) is 14.0 Å². The van der Waals surface area contributed by atoms with Gasteiger partial charge in [0.05, 0.1) is 16.1 Å². The highest BCUT2D eigenvalue weighted by atomic mass is 79.9. The molecule has 3 rings (SSSR count). The van der Waals surface area contributed by atoms with Gasteiger partial charge in [-0.25, -0.2) is 8.78 Å². The minimum Gasteiger partial charge on any atom is -0.488 e. The lowest BCUT2D eigenvalue weighted by atomic mass is 10.0. The van der Waals surface area contributed by atoms with Crippen molar-refractivity contribution >= 4 is 27.6 Å². The van der Waals surface area contributed by atoms with Crippen molar-refractivity contribution in [1.82, 2.24) is 0 Å². The summed E-state index contributed by atoms with van der Waals surface area (Å²) in [7, 11) is 0. The fourth-order valence-electron chi connectivity index (χ4n) is 2.53. The molecular weight excluding hydrogens is 412 g/mol. The summed E-state index contributed by atoms with van der Waals surface area (Å²) in [6.07, 6.45) is 1.61. The van der Waals surface area contributed by atoms with Crippen molar-refractivity contribution in [2.75, 3.05) is 0 Å². The lowest BCUT2D eigenvalue weighted by Gasteiger charge is -2.09. The molecule has 0 radical (unpaired) electrons. The van der Waals surface area contributed by atoms with Gasteiger partial charge >= 0.3 is 0 Å². The van der Waals surface area contributed by atoms with Crippen molar-refractivity contribution < 1.29 is 13.5 Å². The average Bonchev–Trinajstić information content (AvgIpc) is 2.66. The maximum absolute atomic E-state index is 13.9. The van der Waals surface area contributed by atoms with Crippen molar-refractivity contribution in [1.29, 1.82) is 5.26 Å². The zero-order valence-electron chi connectivity index (χ0n) is 14.1. The molecule has 0 spiro atoms. The quantitative estimate of drug-likeness (QED) is 0.351. The van der Waals surface area contributed by atoms with Crippen LogP contribution in [0, 0.1) is 23.0 Å². The zero-order valence-corrected chi connectivity index (χ0v) is 15.7. The molecule has 0 aliphatic rings. The summed E-state index contributed by atoms with van der Waals surface area (Å²) >= 11 is 3.43. The van der Waals surface area contributed by atoms with E-state index in [0.717, 1.165) is 11.1 Å². The number of ether oxygens (including phenoxy) is 1. The number of nitriles is 1. The number of benzene rings is 3. The van der Waals surface area contributed by atoms with Gasteiger partial charge in [-0.2, -0.15) is 5.26 Å². The largest absolute Gasteiger partial charge is 0.488 e. The second-order valence-corrected chi connectivity index (χ2v) is 6.61. The molecule has 2 nitrogen and oxygen atoms in total. The van der Waals surface area contributed by atoms with E-state index in [4.69, 9.17) is 4.74 Å². The summed E-state index contributed by atoms with van der Waals surface area (Å²) in [5.41, 5.74) is 1.92. The molecule has 0 amide bonds. The van der Waals surface area contributed by atoms with Gasteiger partial charge in [0.15, 0.2) is 0 Å². The lowest BCUT2D eigenvalue weighted by molar-refractivity contribution is 0.303. The van der Waals surface area contributed by atoms with E-state index in [1.54, 1.807) is 54.6 Å². The minimum absolute atomic E-state index is 0.226. The molecule has 0 atom stereocenters. The third kappa shape index (κ3) is 4.81. The van der Waals surface area contributed by atoms with E-state index in [-0.39, 0.29) is 23.6 Å². The Morgan fingerprint density at radius 2 is 1.85 bits per heavy atom. The van der Waals surface area contributed by atoms with Crippen molar-refractivity contribution in [2.45, 2.75) is 6.61 Å². The predicted molar refractivity (Wildman–Crippen MR) is 105 cm³/mol. The number of halogens is 3. The van der Waals surface area contributed by atoms with Gasteiger partial charge in [-0.3, -0.25) is 0 Å². The number of rotatable bonds is 5. The molecular formula is C22H14BrF2NO. The summed E-state index contributed by atoms with van der Waals surface area (Å²) in [6, 6.07) is 19.7. The first-order chi connectivity index (χ1) is 13.1. The van der Waals surface area contributed by atoms with Crippen LogP contribution in [0.1, 0.15) is 16.7 Å². The minimum atomic E-state index is -0.445. The van der Waals surface area contributed by atoms with Gasteiger partial charge in [0.25, 0.3) is 0 Å². The van der Waals surface area contributed by atoms with E-state index < -0.39 is 5.82 Å². The van der Waals surface area contributed by atoms with Gasteiger partial charge in [-0.05, 0) is 63.5 Å². The van der Waals surface area contributed by atoms with E-state index in [1.807, 2.05) is 6.07 Å². The predicted octanol–water partition coefficient (Wildman–Crippen LogP) is 6.37. The molecule has 27 heavy (non-hydrogen) atoms. The highest BCUT2D eigenvalue weighted by molar-refractivity contribution is 9.10. The number of hydrogen-bond acceptors (Lipinski definition) is 2. The molecule has 3 aromatic rings. The monoisotopic (exact) mass is 425 g/mol. The molecule has 0 N–H and O–H groups in total. The van der Waals surface area contributed by atoms with Crippen molar-refractivity contribution in [3.63, 3.8) is 0 Å². The van der Waals surface area contributed by atoms with Crippen LogP contribution in [-0.2, 0) is 6.61 Å². The topological polar surface area (TPSA) is 33.0 Å². The van der Waals surface area contributed by atoms with Crippen LogP contribution in [0.3, 0.4) is 0 Å². The van der Waals surface area contributed by atoms with E-state index in [2.05, 4.69) is 15.9 Å². The van der Waals surface area contributed by atoms with Crippen LogP contribution in [-0.4, -0.2) is 0 Å². The highest BCUT2D eigenvalue weighted by Crippen LogP contribution is 2.29. The average molecular weight is 426 g/mol. The SMILES string of the molecule is N#CC(=Cc1ccc(OCc2cccc(F)c2)c(Br)c1)c1ccccc1F. The Morgan fingerprint density at radius 1 is 1.04 bits per heavy atom. The Bertz CT molecular complexity index is 1040. The van der Waals surface area contributed by atoms with E-state index in [0.29, 0.717) is 10.2 Å². The van der Waals surface area contributed by atoms with Gasteiger partial charge in [0.2, 0.25) is 0 Å². The molecule has 0 fully saturated rings. The van der Waals surface area contributed by atoms with Crippen LogP contribution in [0.4, 0.5) is 8.78 Å². The second kappa shape index (κ2) is 8.61. The summed E-state index contributed by atoms with van der Waals surface area (Å²) in [5, 5.41) is 9.37. The van der Waals surface area contributed by atoms with Gasteiger partial charge in [-0.1, -0.05) is 36.4 Å². The van der Waals surface area contributed by atoms with Crippen LogP contribution >= 0.6 is 15.9 Å². The molecule has 0 unspecified atom stereocenters. The zero-order chi connectivity index (χ0) is 19.2. The standard InChI is InChI=1S/C22H14BrF2NO/c23-20-12-15(10-17(13-26)19-6-1-2-7-21(19)25)8-9-22(20)27-14-16-4-3-5-18(24)11-16/h1-12H,14H2. The summed E-state index contributed by atoms with van der Waals surface area (Å²) in [5.74, 6) is -0.173.